The zero-order chi connectivity index (χ0) is 32.7. The maximum atomic E-state index is 13.8. The van der Waals surface area contributed by atoms with Gasteiger partial charge in [0.2, 0.25) is 0 Å². The Labute approximate surface area is 290 Å². The number of aromatic nitrogens is 1. The highest BCUT2D eigenvalue weighted by molar-refractivity contribution is 9.10. The number of allylic oxidation sites excluding steroid dienone is 1. The van der Waals surface area contributed by atoms with Crippen LogP contribution in [0.2, 0.25) is 10.0 Å². The SMILES string of the molecule is Cc1oc(Cn2ccc3ccc(Br)cc32)cc1C(=O)OCC(=O)N1N=C2/C(=C\c3ccc(Cl)cc3)CCCC2C1c1ccc(Cl)cc1. The normalized spacial score (nSPS) is 18.4. The molecule has 2 aromatic heterocycles. The quantitative estimate of drug-likeness (QED) is 0.156. The third kappa shape index (κ3) is 6.55. The lowest BCUT2D eigenvalue weighted by Gasteiger charge is -2.29. The molecule has 7 nitrogen and oxygen atoms in total. The largest absolute Gasteiger partial charge is 0.464 e. The highest BCUT2D eigenvalue weighted by Gasteiger charge is 2.44. The van der Waals surface area contributed by atoms with Gasteiger partial charge in [0.1, 0.15) is 17.1 Å². The summed E-state index contributed by atoms with van der Waals surface area (Å²) in [6, 6.07) is 24.6. The summed E-state index contributed by atoms with van der Waals surface area (Å²) in [5.74, 6) is 0.000195. The number of hydrazone groups is 1. The first kappa shape index (κ1) is 31.5. The fourth-order valence-electron chi connectivity index (χ4n) is 6.52. The highest BCUT2D eigenvalue weighted by Crippen LogP contribution is 2.44. The van der Waals surface area contributed by atoms with Crippen molar-refractivity contribution in [2.24, 2.45) is 11.0 Å². The van der Waals surface area contributed by atoms with Gasteiger partial charge in [0.15, 0.2) is 6.61 Å². The van der Waals surface area contributed by atoms with Gasteiger partial charge in [-0.1, -0.05) is 69.5 Å². The van der Waals surface area contributed by atoms with Crippen LogP contribution in [0.5, 0.6) is 0 Å². The second kappa shape index (κ2) is 13.2. The monoisotopic (exact) mass is 729 g/mol. The van der Waals surface area contributed by atoms with Crippen LogP contribution in [0.4, 0.5) is 0 Å². The molecule has 1 amide bonds. The lowest BCUT2D eigenvalue weighted by molar-refractivity contribution is -0.137. The zero-order valence-electron chi connectivity index (χ0n) is 25.5. The minimum absolute atomic E-state index is 0.00723. The number of benzene rings is 3. The number of aryl methyl sites for hydroxylation is 1. The second-order valence-corrected chi connectivity index (χ2v) is 13.6. The predicted molar refractivity (Wildman–Crippen MR) is 188 cm³/mol. The summed E-state index contributed by atoms with van der Waals surface area (Å²) in [4.78, 5) is 27.0. The molecular weight excluding hydrogens is 701 g/mol. The van der Waals surface area contributed by atoms with Crippen molar-refractivity contribution < 1.29 is 18.7 Å². The number of esters is 1. The zero-order valence-corrected chi connectivity index (χ0v) is 28.6. The Bertz CT molecular complexity index is 2050. The van der Waals surface area contributed by atoms with E-state index in [0.29, 0.717) is 28.1 Å². The number of hydrogen-bond acceptors (Lipinski definition) is 5. The van der Waals surface area contributed by atoms with Crippen LogP contribution in [0.3, 0.4) is 0 Å². The number of carbonyl (C=O) groups excluding carboxylic acids is 2. The van der Waals surface area contributed by atoms with Gasteiger partial charge >= 0.3 is 5.97 Å². The number of hydrogen-bond donors (Lipinski definition) is 0. The van der Waals surface area contributed by atoms with Crippen LogP contribution in [-0.4, -0.2) is 33.8 Å². The van der Waals surface area contributed by atoms with E-state index in [0.717, 1.165) is 57.0 Å². The average molecular weight is 731 g/mol. The molecule has 1 aliphatic carbocycles. The van der Waals surface area contributed by atoms with Gasteiger partial charge in [0, 0.05) is 32.1 Å². The third-order valence-corrected chi connectivity index (χ3v) is 9.75. The number of ether oxygens (including phenoxy) is 1. The van der Waals surface area contributed by atoms with Crippen LogP contribution in [0.25, 0.3) is 17.0 Å². The first-order valence-electron chi connectivity index (χ1n) is 15.4. The fourth-order valence-corrected chi connectivity index (χ4v) is 7.12. The van der Waals surface area contributed by atoms with E-state index in [1.807, 2.05) is 79.0 Å². The molecule has 3 heterocycles. The Kier molecular flexibility index (Phi) is 8.83. The molecule has 47 heavy (non-hydrogen) atoms. The molecule has 238 valence electrons. The Hall–Kier alpha value is -4.11. The number of furan rings is 1. The van der Waals surface area contributed by atoms with Crippen LogP contribution in [0, 0.1) is 12.8 Å². The van der Waals surface area contributed by atoms with Crippen molar-refractivity contribution in [3.05, 3.63) is 133 Å². The topological polar surface area (TPSA) is 77.0 Å². The number of rotatable bonds is 7. The molecule has 2 atom stereocenters. The van der Waals surface area contributed by atoms with E-state index in [1.54, 1.807) is 13.0 Å². The molecule has 2 unspecified atom stereocenters. The third-order valence-electron chi connectivity index (χ3n) is 8.76. The van der Waals surface area contributed by atoms with Gasteiger partial charge in [-0.3, -0.25) is 4.79 Å². The van der Waals surface area contributed by atoms with Crippen LogP contribution in [-0.2, 0) is 16.1 Å². The predicted octanol–water partition coefficient (Wildman–Crippen LogP) is 9.64. The maximum Gasteiger partial charge on any atom is 0.342 e. The van der Waals surface area contributed by atoms with Gasteiger partial charge in [0.05, 0.1) is 18.3 Å². The van der Waals surface area contributed by atoms with Gasteiger partial charge in [-0.05, 0) is 103 Å². The summed E-state index contributed by atoms with van der Waals surface area (Å²) >= 11 is 15.9. The first-order valence-corrected chi connectivity index (χ1v) is 16.9. The molecule has 7 rings (SSSR count). The fraction of sp³-hybridized carbons (Fsp3) is 0.216. The molecule has 0 spiro atoms. The van der Waals surface area contributed by atoms with Crippen molar-refractivity contribution in [2.75, 3.05) is 6.61 Å². The maximum absolute atomic E-state index is 13.8. The van der Waals surface area contributed by atoms with Crippen LogP contribution >= 0.6 is 39.1 Å². The second-order valence-electron chi connectivity index (χ2n) is 11.8. The summed E-state index contributed by atoms with van der Waals surface area (Å²) in [5, 5.41) is 8.76. The summed E-state index contributed by atoms with van der Waals surface area (Å²) in [6.45, 7) is 1.70. The van der Waals surface area contributed by atoms with E-state index >= 15 is 0 Å². The van der Waals surface area contributed by atoms with Crippen LogP contribution < -0.4 is 0 Å². The molecule has 0 N–H and O–H groups in total. The van der Waals surface area contributed by atoms with Crippen molar-refractivity contribution in [1.82, 2.24) is 9.58 Å². The molecule has 1 aliphatic heterocycles. The lowest BCUT2D eigenvalue weighted by Crippen LogP contribution is -2.34. The Morgan fingerprint density at radius 2 is 1.77 bits per heavy atom. The van der Waals surface area contributed by atoms with E-state index in [1.165, 1.54) is 5.01 Å². The number of nitrogens with zero attached hydrogens (tertiary/aromatic N) is 3. The Morgan fingerprint density at radius 3 is 2.53 bits per heavy atom. The summed E-state index contributed by atoms with van der Waals surface area (Å²) in [6.07, 6.45) is 6.78. The summed E-state index contributed by atoms with van der Waals surface area (Å²) in [7, 11) is 0. The lowest BCUT2D eigenvalue weighted by atomic mass is 9.77. The summed E-state index contributed by atoms with van der Waals surface area (Å²) in [5.41, 5.74) is 5.23. The molecule has 0 bridgehead atoms. The van der Waals surface area contributed by atoms with Crippen molar-refractivity contribution >= 4 is 73.7 Å². The standard InChI is InChI=1S/C37H30BrCl2N3O4/c1-22-32(19-30(47-22)20-42-16-15-24-7-10-27(38)18-33(24)42)37(45)46-21-34(44)43-36(25-8-13-29(40)14-9-25)31-4-2-3-26(35(31)41-43)17-23-5-11-28(39)12-6-23/h5-19,31,36H,2-4,20-21H2,1H3/b26-17-. The molecular formula is C37H30BrCl2N3O4. The van der Waals surface area contributed by atoms with Crippen molar-refractivity contribution in [2.45, 2.75) is 38.8 Å². The van der Waals surface area contributed by atoms with Gasteiger partial charge < -0.3 is 13.7 Å². The molecule has 5 aromatic rings. The molecule has 3 aromatic carbocycles. The first-order chi connectivity index (χ1) is 22.7. The Balaban J connectivity index is 1.10. The molecule has 0 radical (unpaired) electrons. The molecule has 1 saturated carbocycles. The van der Waals surface area contributed by atoms with Crippen molar-refractivity contribution in [3.63, 3.8) is 0 Å². The molecule has 0 saturated heterocycles. The number of fused-ring (bicyclic) bond motifs is 2. The van der Waals surface area contributed by atoms with E-state index in [9.17, 15) is 9.59 Å². The van der Waals surface area contributed by atoms with Gasteiger partial charge in [-0.25, -0.2) is 9.80 Å². The smallest absolute Gasteiger partial charge is 0.342 e. The van der Waals surface area contributed by atoms with Crippen molar-refractivity contribution in [1.29, 1.82) is 0 Å². The van der Waals surface area contributed by atoms with E-state index in [-0.39, 0.29) is 17.5 Å². The van der Waals surface area contributed by atoms with Gasteiger partial charge in [-0.15, -0.1) is 0 Å². The van der Waals surface area contributed by atoms with Crippen LogP contribution in [0.1, 0.15) is 58.3 Å². The molecule has 2 aliphatic rings. The van der Waals surface area contributed by atoms with E-state index in [4.69, 9.17) is 37.5 Å². The summed E-state index contributed by atoms with van der Waals surface area (Å²) < 4.78 is 14.6. The van der Waals surface area contributed by atoms with Gasteiger partial charge in [-0.2, -0.15) is 5.10 Å². The van der Waals surface area contributed by atoms with E-state index in [2.05, 4.69) is 26.6 Å². The molecule has 1 fully saturated rings. The number of carbonyl (C=O) groups is 2. The van der Waals surface area contributed by atoms with Crippen molar-refractivity contribution in [3.8, 4) is 0 Å². The van der Waals surface area contributed by atoms with Crippen LogP contribution in [0.15, 0.2) is 105 Å². The average Bonchev–Trinajstić information content (AvgIpc) is 3.76. The minimum Gasteiger partial charge on any atom is -0.464 e. The number of halogens is 3. The highest BCUT2D eigenvalue weighted by atomic mass is 79.9. The minimum atomic E-state index is -0.624. The van der Waals surface area contributed by atoms with E-state index < -0.39 is 18.5 Å². The Morgan fingerprint density at radius 1 is 1.02 bits per heavy atom. The van der Waals surface area contributed by atoms with Gasteiger partial charge in [0.25, 0.3) is 5.91 Å². The number of amides is 1. The molecule has 10 heteroatoms.